The molecule has 7 heteroatoms. The van der Waals surface area contributed by atoms with Crippen LogP contribution in [0, 0.1) is 23.2 Å². The third kappa shape index (κ3) is 2.94. The molecule has 2 saturated heterocycles. The lowest BCUT2D eigenvalue weighted by Gasteiger charge is -2.66. The number of aromatic hydroxyl groups is 1. The van der Waals surface area contributed by atoms with Crippen molar-refractivity contribution >= 4 is 5.91 Å². The number of nitrogens with zero attached hydrogens (tertiary/aromatic N) is 2. The molecule has 4 nitrogen and oxygen atoms in total. The van der Waals surface area contributed by atoms with Gasteiger partial charge in [0.1, 0.15) is 5.75 Å². The van der Waals surface area contributed by atoms with Crippen LogP contribution in [0.5, 0.6) is 5.75 Å². The summed E-state index contributed by atoms with van der Waals surface area (Å²) in [6.07, 6.45) is 3.29. The highest BCUT2D eigenvalue weighted by Gasteiger charge is 2.76. The lowest BCUT2D eigenvalue weighted by atomic mass is 9.43. The second-order valence-corrected chi connectivity index (χ2v) is 13.0. The maximum Gasteiger partial charge on any atom is 0.416 e. The molecule has 2 aliphatic heterocycles. The van der Waals surface area contributed by atoms with Crippen molar-refractivity contribution in [3.8, 4) is 5.75 Å². The molecule has 2 heterocycles. The lowest BCUT2D eigenvalue weighted by molar-refractivity contribution is -0.137. The number of phenolic OH excluding ortho intramolecular Hbond substituents is 1. The molecule has 4 aliphatic carbocycles. The summed E-state index contributed by atoms with van der Waals surface area (Å²) in [6, 6.07) is 11.4. The van der Waals surface area contributed by atoms with Crippen molar-refractivity contribution in [2.75, 3.05) is 19.6 Å². The number of carbonyl (C=O) groups excluding carboxylic acids is 1. The van der Waals surface area contributed by atoms with Crippen LogP contribution in [0.2, 0.25) is 0 Å². The Bertz CT molecular complexity index is 1340. The van der Waals surface area contributed by atoms with Crippen molar-refractivity contribution in [3.63, 3.8) is 0 Å². The van der Waals surface area contributed by atoms with Gasteiger partial charge < -0.3 is 10.0 Å². The molecule has 1 amide bonds. The molecule has 6 atom stereocenters. The molecule has 2 aromatic rings. The average molecular weight is 523 g/mol. The minimum Gasteiger partial charge on any atom is -0.508 e. The molecule has 1 N–H and O–H groups in total. The zero-order valence-corrected chi connectivity index (χ0v) is 21.4. The van der Waals surface area contributed by atoms with Crippen LogP contribution >= 0.6 is 0 Å². The minimum absolute atomic E-state index is 0.0293. The molecule has 6 aliphatic rings. The molecule has 4 bridgehead atoms. The molecule has 0 radical (unpaired) electrons. The summed E-state index contributed by atoms with van der Waals surface area (Å²) >= 11 is 0. The fraction of sp³-hybridized carbons (Fsp3) is 0.581. The zero-order valence-electron chi connectivity index (χ0n) is 21.4. The number of carbonyl (C=O) groups is 1. The van der Waals surface area contributed by atoms with Crippen molar-refractivity contribution in [1.29, 1.82) is 0 Å². The van der Waals surface area contributed by atoms with Crippen molar-refractivity contribution < 1.29 is 23.1 Å². The highest BCUT2D eigenvalue weighted by atomic mass is 19.4. The number of rotatable bonds is 3. The van der Waals surface area contributed by atoms with E-state index in [2.05, 4.69) is 11.0 Å². The number of likely N-dealkylation sites (tertiary alicyclic amines) is 2. The van der Waals surface area contributed by atoms with Crippen LogP contribution in [0.4, 0.5) is 13.2 Å². The third-order valence-corrected chi connectivity index (χ3v) is 11.5. The number of hydrogen-bond acceptors (Lipinski definition) is 3. The van der Waals surface area contributed by atoms with E-state index in [9.17, 15) is 23.1 Å². The van der Waals surface area contributed by atoms with Crippen molar-refractivity contribution in [2.45, 2.75) is 68.6 Å². The Hall–Kier alpha value is -2.54. The van der Waals surface area contributed by atoms with E-state index < -0.39 is 11.7 Å². The van der Waals surface area contributed by atoms with Crippen molar-refractivity contribution in [1.82, 2.24) is 9.80 Å². The van der Waals surface area contributed by atoms with Gasteiger partial charge in [0, 0.05) is 36.2 Å². The summed E-state index contributed by atoms with van der Waals surface area (Å²) in [7, 11) is 0. The van der Waals surface area contributed by atoms with E-state index >= 15 is 0 Å². The molecule has 0 spiro atoms. The molecule has 200 valence electrons. The predicted molar refractivity (Wildman–Crippen MR) is 136 cm³/mol. The number of amides is 1. The van der Waals surface area contributed by atoms with Gasteiger partial charge in [0.2, 0.25) is 0 Å². The van der Waals surface area contributed by atoms with Crippen LogP contribution in [-0.2, 0) is 18.0 Å². The van der Waals surface area contributed by atoms with Gasteiger partial charge >= 0.3 is 6.18 Å². The van der Waals surface area contributed by atoms with Crippen molar-refractivity contribution in [3.05, 3.63) is 64.7 Å². The van der Waals surface area contributed by atoms with Crippen LogP contribution in [0.3, 0.4) is 0 Å². The van der Waals surface area contributed by atoms with Gasteiger partial charge in [0.15, 0.2) is 0 Å². The highest BCUT2D eigenvalue weighted by Crippen LogP contribution is 2.75. The largest absolute Gasteiger partial charge is 0.508 e. The van der Waals surface area contributed by atoms with Crippen LogP contribution in [0.25, 0.3) is 0 Å². The first-order chi connectivity index (χ1) is 18.2. The van der Waals surface area contributed by atoms with Crippen LogP contribution in [0.15, 0.2) is 42.5 Å². The highest BCUT2D eigenvalue weighted by molar-refractivity contribution is 5.95. The SMILES string of the molecule is O=C(c1cccc(C(F)(F)F)c1)N1C[C@H]2CC34CCC1C2C31CCN(CC2CC2)C4Cc2ccc(O)cc21. The first-order valence-electron chi connectivity index (χ1n) is 14.3. The molecule has 38 heavy (non-hydrogen) atoms. The van der Waals surface area contributed by atoms with Gasteiger partial charge in [0.05, 0.1) is 5.56 Å². The minimum atomic E-state index is -4.47. The maximum absolute atomic E-state index is 13.8. The Morgan fingerprint density at radius 2 is 1.92 bits per heavy atom. The second-order valence-electron chi connectivity index (χ2n) is 13.0. The summed E-state index contributed by atoms with van der Waals surface area (Å²) in [4.78, 5) is 18.5. The molecular formula is C31H33F3N2O2. The fourth-order valence-electron chi connectivity index (χ4n) is 10.2. The lowest BCUT2D eigenvalue weighted by Crippen LogP contribution is -2.69. The van der Waals surface area contributed by atoms with Crippen LogP contribution in [-0.4, -0.2) is 52.5 Å². The monoisotopic (exact) mass is 522 g/mol. The normalized spacial score (nSPS) is 37.2. The summed E-state index contributed by atoms with van der Waals surface area (Å²) in [5.41, 5.74) is 2.07. The Labute approximate surface area is 220 Å². The Morgan fingerprint density at radius 1 is 1.08 bits per heavy atom. The summed E-state index contributed by atoms with van der Waals surface area (Å²) in [5.74, 6) is 1.50. The van der Waals surface area contributed by atoms with E-state index in [0.29, 0.717) is 24.3 Å². The number of fused-ring (bicyclic) bond motifs is 1. The smallest absolute Gasteiger partial charge is 0.416 e. The van der Waals surface area contributed by atoms with E-state index in [1.807, 2.05) is 17.0 Å². The zero-order chi connectivity index (χ0) is 26.0. The van der Waals surface area contributed by atoms with Crippen LogP contribution < -0.4 is 0 Å². The Kier molecular flexibility index (Phi) is 4.64. The second kappa shape index (κ2) is 7.56. The fourth-order valence-corrected chi connectivity index (χ4v) is 10.2. The number of benzene rings is 2. The molecule has 5 unspecified atom stereocenters. The van der Waals surface area contributed by atoms with Gasteiger partial charge in [0.25, 0.3) is 5.91 Å². The summed E-state index contributed by atoms with van der Waals surface area (Å²) in [6.45, 7) is 2.86. The summed E-state index contributed by atoms with van der Waals surface area (Å²) < 4.78 is 40.2. The number of halogens is 3. The molecule has 3 saturated carbocycles. The molecule has 2 aromatic carbocycles. The number of phenols is 1. The molecular weight excluding hydrogens is 489 g/mol. The van der Waals surface area contributed by atoms with E-state index in [1.54, 1.807) is 0 Å². The Morgan fingerprint density at radius 3 is 2.71 bits per heavy atom. The quantitative estimate of drug-likeness (QED) is 0.568. The van der Waals surface area contributed by atoms with Crippen LogP contribution in [0.1, 0.15) is 65.6 Å². The van der Waals surface area contributed by atoms with E-state index in [4.69, 9.17) is 0 Å². The van der Waals surface area contributed by atoms with E-state index in [1.165, 1.54) is 42.6 Å². The van der Waals surface area contributed by atoms with Gasteiger partial charge in [-0.3, -0.25) is 9.69 Å². The standard InChI is InChI=1S/C31H33F3N2O2/c32-31(33,34)22-3-1-2-20(12-22)28(38)36-17-21-15-29-9-8-25(36)27(21)30(29)10-11-35(16-18-4-5-18)26(29)13-19-6-7-23(37)14-24(19)30/h1-3,6-7,12,14,18,21,25-27,37H,4-5,8-11,13,15-17H2/t21-,25?,26?,27?,29?,30?/m1/s1. The first-order valence-corrected chi connectivity index (χ1v) is 14.3. The number of hydrogen-bond donors (Lipinski definition) is 1. The van der Waals surface area contributed by atoms with Gasteiger partial charge in [-0.1, -0.05) is 12.1 Å². The Balaban J connectivity index is 1.20. The van der Waals surface area contributed by atoms with Gasteiger partial charge in [-0.25, -0.2) is 0 Å². The summed E-state index contributed by atoms with van der Waals surface area (Å²) in [5, 5.41) is 10.6. The van der Waals surface area contributed by atoms with Gasteiger partial charge in [-0.15, -0.1) is 0 Å². The number of alkyl halides is 3. The maximum atomic E-state index is 13.8. The number of piperidine rings is 1. The van der Waals surface area contributed by atoms with Gasteiger partial charge in [-0.2, -0.15) is 13.2 Å². The van der Waals surface area contributed by atoms with Gasteiger partial charge in [-0.05, 0) is 116 Å². The van der Waals surface area contributed by atoms with Crippen molar-refractivity contribution in [2.24, 2.45) is 23.2 Å². The molecule has 5 fully saturated rings. The molecule has 8 rings (SSSR count). The van der Waals surface area contributed by atoms with E-state index in [0.717, 1.165) is 56.7 Å². The third-order valence-electron chi connectivity index (χ3n) is 11.5. The molecule has 0 aromatic heterocycles. The first kappa shape index (κ1) is 23.4. The average Bonchev–Trinajstić information content (AvgIpc) is 3.58. The topological polar surface area (TPSA) is 43.8 Å². The predicted octanol–water partition coefficient (Wildman–Crippen LogP) is 5.63. The van der Waals surface area contributed by atoms with E-state index in [-0.39, 0.29) is 34.3 Å².